The van der Waals surface area contributed by atoms with Crippen molar-refractivity contribution in [2.45, 2.75) is 25.0 Å². The molecule has 0 saturated carbocycles. The van der Waals surface area contributed by atoms with E-state index in [0.717, 1.165) is 29.7 Å². The maximum Gasteiger partial charge on any atom is 0.120 e. The SMILES string of the molecule is CNCC1(O)CCc2cc(OCc3ccccc3)ccc21. The van der Waals surface area contributed by atoms with E-state index in [1.807, 2.05) is 37.4 Å². The molecule has 2 N–H and O–H groups in total. The lowest BCUT2D eigenvalue weighted by Crippen LogP contribution is -2.34. The summed E-state index contributed by atoms with van der Waals surface area (Å²) < 4.78 is 5.85. The monoisotopic (exact) mass is 283 g/mol. The van der Waals surface area contributed by atoms with E-state index in [1.165, 1.54) is 5.56 Å². The van der Waals surface area contributed by atoms with Gasteiger partial charge in [-0.05, 0) is 48.7 Å². The summed E-state index contributed by atoms with van der Waals surface area (Å²) in [5.41, 5.74) is 2.65. The molecule has 3 heteroatoms. The Morgan fingerprint density at radius 3 is 2.76 bits per heavy atom. The molecule has 0 radical (unpaired) electrons. The molecule has 0 amide bonds. The van der Waals surface area contributed by atoms with Crippen molar-refractivity contribution in [3.8, 4) is 5.75 Å². The molecule has 0 aromatic heterocycles. The number of hydrogen-bond acceptors (Lipinski definition) is 3. The molecule has 0 bridgehead atoms. The highest BCUT2D eigenvalue weighted by Crippen LogP contribution is 2.38. The molecule has 1 atom stereocenters. The number of aryl methyl sites for hydroxylation is 1. The molecule has 0 fully saturated rings. The van der Waals surface area contributed by atoms with Crippen LogP contribution in [-0.4, -0.2) is 18.7 Å². The van der Waals surface area contributed by atoms with E-state index >= 15 is 0 Å². The van der Waals surface area contributed by atoms with Crippen LogP contribution < -0.4 is 10.1 Å². The highest BCUT2D eigenvalue weighted by molar-refractivity contribution is 5.43. The Labute approximate surface area is 125 Å². The van der Waals surface area contributed by atoms with E-state index in [9.17, 15) is 5.11 Å². The van der Waals surface area contributed by atoms with Crippen molar-refractivity contribution < 1.29 is 9.84 Å². The molecule has 1 unspecified atom stereocenters. The van der Waals surface area contributed by atoms with Gasteiger partial charge >= 0.3 is 0 Å². The largest absolute Gasteiger partial charge is 0.489 e. The summed E-state index contributed by atoms with van der Waals surface area (Å²) in [6.07, 6.45) is 1.67. The Balaban J connectivity index is 1.73. The van der Waals surface area contributed by atoms with Gasteiger partial charge in [0.25, 0.3) is 0 Å². The lowest BCUT2D eigenvalue weighted by atomic mass is 9.96. The summed E-state index contributed by atoms with van der Waals surface area (Å²) >= 11 is 0. The minimum atomic E-state index is -0.734. The second-order valence-corrected chi connectivity index (χ2v) is 5.66. The topological polar surface area (TPSA) is 41.5 Å². The van der Waals surface area contributed by atoms with Gasteiger partial charge in [0.1, 0.15) is 18.0 Å². The minimum absolute atomic E-state index is 0.570. The molecule has 0 spiro atoms. The molecule has 3 rings (SSSR count). The summed E-state index contributed by atoms with van der Waals surface area (Å²) in [5, 5.41) is 13.7. The number of hydrogen-bond donors (Lipinski definition) is 2. The number of ether oxygens (including phenoxy) is 1. The van der Waals surface area contributed by atoms with Crippen LogP contribution in [0.2, 0.25) is 0 Å². The summed E-state index contributed by atoms with van der Waals surface area (Å²) in [6.45, 7) is 1.16. The van der Waals surface area contributed by atoms with Crippen molar-refractivity contribution >= 4 is 0 Å². The fourth-order valence-corrected chi connectivity index (χ4v) is 3.01. The van der Waals surface area contributed by atoms with E-state index in [4.69, 9.17) is 4.74 Å². The third-order valence-corrected chi connectivity index (χ3v) is 4.10. The first-order valence-electron chi connectivity index (χ1n) is 7.38. The van der Waals surface area contributed by atoms with Crippen LogP contribution in [0.25, 0.3) is 0 Å². The Hall–Kier alpha value is -1.84. The minimum Gasteiger partial charge on any atom is -0.489 e. The second kappa shape index (κ2) is 5.88. The molecule has 0 heterocycles. The zero-order valence-electron chi connectivity index (χ0n) is 12.3. The summed E-state index contributed by atoms with van der Waals surface area (Å²) in [6, 6.07) is 16.2. The Morgan fingerprint density at radius 2 is 2.00 bits per heavy atom. The van der Waals surface area contributed by atoms with Crippen LogP contribution in [0.3, 0.4) is 0 Å². The second-order valence-electron chi connectivity index (χ2n) is 5.66. The molecule has 2 aromatic rings. The summed E-state index contributed by atoms with van der Waals surface area (Å²) in [5.74, 6) is 0.867. The standard InChI is InChI=1S/C18H21NO2/c1-19-13-18(20)10-9-15-11-16(7-8-17(15)18)21-12-14-5-3-2-4-6-14/h2-8,11,19-20H,9-10,12-13H2,1H3. The highest BCUT2D eigenvalue weighted by atomic mass is 16.5. The molecular formula is C18H21NO2. The highest BCUT2D eigenvalue weighted by Gasteiger charge is 2.36. The normalized spacial score (nSPS) is 20.3. The Morgan fingerprint density at radius 1 is 1.19 bits per heavy atom. The number of rotatable bonds is 5. The van der Waals surface area contributed by atoms with Gasteiger partial charge in [0, 0.05) is 6.54 Å². The van der Waals surface area contributed by atoms with E-state index in [1.54, 1.807) is 0 Å². The van der Waals surface area contributed by atoms with Crippen LogP contribution in [0.5, 0.6) is 5.75 Å². The molecule has 1 aliphatic carbocycles. The van der Waals surface area contributed by atoms with Gasteiger partial charge in [-0.3, -0.25) is 0 Å². The smallest absolute Gasteiger partial charge is 0.120 e. The predicted octanol–water partition coefficient (Wildman–Crippen LogP) is 2.62. The third-order valence-electron chi connectivity index (χ3n) is 4.10. The van der Waals surface area contributed by atoms with Crippen molar-refractivity contribution in [1.29, 1.82) is 0 Å². The van der Waals surface area contributed by atoms with Gasteiger partial charge in [0.05, 0.1) is 0 Å². The van der Waals surface area contributed by atoms with Crippen LogP contribution >= 0.6 is 0 Å². The number of nitrogens with one attached hydrogen (secondary N) is 1. The molecule has 3 nitrogen and oxygen atoms in total. The van der Waals surface area contributed by atoms with Crippen molar-refractivity contribution in [2.24, 2.45) is 0 Å². The van der Waals surface area contributed by atoms with Gasteiger partial charge in [-0.15, -0.1) is 0 Å². The quantitative estimate of drug-likeness (QED) is 0.886. The predicted molar refractivity (Wildman–Crippen MR) is 83.4 cm³/mol. The van der Waals surface area contributed by atoms with Gasteiger partial charge < -0.3 is 15.2 Å². The van der Waals surface area contributed by atoms with Crippen molar-refractivity contribution in [3.05, 3.63) is 65.2 Å². The number of likely N-dealkylation sites (N-methyl/N-ethyl adjacent to an activating group) is 1. The molecule has 110 valence electrons. The number of benzene rings is 2. The molecule has 0 saturated heterocycles. The van der Waals surface area contributed by atoms with E-state index in [2.05, 4.69) is 23.5 Å². The first-order chi connectivity index (χ1) is 10.2. The van der Waals surface area contributed by atoms with Crippen LogP contribution in [0, 0.1) is 0 Å². The maximum atomic E-state index is 10.6. The summed E-state index contributed by atoms with van der Waals surface area (Å²) in [7, 11) is 1.87. The van der Waals surface area contributed by atoms with Gasteiger partial charge in [-0.1, -0.05) is 36.4 Å². The first-order valence-corrected chi connectivity index (χ1v) is 7.38. The number of aliphatic hydroxyl groups is 1. The van der Waals surface area contributed by atoms with Crippen LogP contribution in [0.4, 0.5) is 0 Å². The third kappa shape index (κ3) is 2.94. The van der Waals surface area contributed by atoms with E-state index in [-0.39, 0.29) is 0 Å². The van der Waals surface area contributed by atoms with Crippen LogP contribution in [0.15, 0.2) is 48.5 Å². The van der Waals surface area contributed by atoms with Crippen LogP contribution in [0.1, 0.15) is 23.1 Å². The Kier molecular flexibility index (Phi) is 3.95. The lowest BCUT2D eigenvalue weighted by Gasteiger charge is -2.23. The van der Waals surface area contributed by atoms with Crippen molar-refractivity contribution in [1.82, 2.24) is 5.32 Å². The van der Waals surface area contributed by atoms with Crippen molar-refractivity contribution in [3.63, 3.8) is 0 Å². The van der Waals surface area contributed by atoms with Gasteiger partial charge in [-0.2, -0.15) is 0 Å². The zero-order valence-corrected chi connectivity index (χ0v) is 12.3. The summed E-state index contributed by atoms with van der Waals surface area (Å²) in [4.78, 5) is 0. The van der Waals surface area contributed by atoms with Gasteiger partial charge in [0.15, 0.2) is 0 Å². The molecule has 0 aliphatic heterocycles. The molecule has 21 heavy (non-hydrogen) atoms. The molecular weight excluding hydrogens is 262 g/mol. The van der Waals surface area contributed by atoms with Crippen molar-refractivity contribution in [2.75, 3.05) is 13.6 Å². The fourth-order valence-electron chi connectivity index (χ4n) is 3.01. The maximum absolute atomic E-state index is 10.6. The van der Waals surface area contributed by atoms with E-state index in [0.29, 0.717) is 13.2 Å². The molecule has 1 aliphatic rings. The molecule has 2 aromatic carbocycles. The van der Waals surface area contributed by atoms with Crippen LogP contribution in [-0.2, 0) is 18.6 Å². The average molecular weight is 283 g/mol. The number of fused-ring (bicyclic) bond motifs is 1. The van der Waals surface area contributed by atoms with Gasteiger partial charge in [0.2, 0.25) is 0 Å². The lowest BCUT2D eigenvalue weighted by molar-refractivity contribution is 0.0408. The van der Waals surface area contributed by atoms with E-state index < -0.39 is 5.60 Å². The fraction of sp³-hybridized carbons (Fsp3) is 0.333. The van der Waals surface area contributed by atoms with Gasteiger partial charge in [-0.25, -0.2) is 0 Å². The zero-order chi connectivity index (χ0) is 14.7. The Bertz CT molecular complexity index is 612. The first kappa shape index (κ1) is 14.1. The average Bonchev–Trinajstić information content (AvgIpc) is 2.83.